The summed E-state index contributed by atoms with van der Waals surface area (Å²) >= 11 is 1.44. The number of nitrogens with one attached hydrogen (secondary N) is 1. The van der Waals surface area contributed by atoms with Crippen molar-refractivity contribution < 1.29 is 19.5 Å². The molecule has 1 aromatic rings. The van der Waals surface area contributed by atoms with Gasteiger partial charge in [0.15, 0.2) is 0 Å². The number of thiophene rings is 1. The lowest BCUT2D eigenvalue weighted by Crippen LogP contribution is -2.29. The highest BCUT2D eigenvalue weighted by atomic mass is 32.1. The van der Waals surface area contributed by atoms with E-state index in [9.17, 15) is 14.4 Å². The molecule has 2 amide bonds. The number of carboxylic acid groups (broad SMARTS) is 1. The van der Waals surface area contributed by atoms with E-state index in [-0.39, 0.29) is 30.1 Å². The lowest BCUT2D eigenvalue weighted by atomic mass is 9.69. The molecule has 0 radical (unpaired) electrons. The van der Waals surface area contributed by atoms with Crippen LogP contribution in [0.2, 0.25) is 0 Å². The first-order chi connectivity index (χ1) is 12.5. The summed E-state index contributed by atoms with van der Waals surface area (Å²) in [5.41, 5.74) is 7.25. The fourth-order valence-corrected chi connectivity index (χ4v) is 5.10. The molecule has 0 aliphatic heterocycles. The third kappa shape index (κ3) is 5.09. The summed E-state index contributed by atoms with van der Waals surface area (Å²) < 4.78 is 0. The summed E-state index contributed by atoms with van der Waals surface area (Å²) in [6, 6.07) is 0. The van der Waals surface area contributed by atoms with Crippen molar-refractivity contribution >= 4 is 34.1 Å². The van der Waals surface area contributed by atoms with Gasteiger partial charge in [-0.25, -0.2) is 0 Å². The minimum absolute atomic E-state index is 0.0647. The molecule has 7 heteroatoms. The second-order valence-corrected chi connectivity index (χ2v) is 9.41. The Morgan fingerprint density at radius 2 is 2.00 bits per heavy atom. The zero-order valence-electron chi connectivity index (χ0n) is 16.6. The summed E-state index contributed by atoms with van der Waals surface area (Å²) in [6.07, 6.45) is 3.82. The Labute approximate surface area is 164 Å². The SMILES string of the molecule is CCC(C)(C)[C@@H]1CCc2c(sc(NC(=O)C[C@@H](C)CC(=O)O)c2C(N)=O)C1. The van der Waals surface area contributed by atoms with Gasteiger partial charge in [0.1, 0.15) is 5.00 Å². The monoisotopic (exact) mass is 394 g/mol. The third-order valence-electron chi connectivity index (χ3n) is 5.84. The Hall–Kier alpha value is -1.89. The van der Waals surface area contributed by atoms with Gasteiger partial charge in [0, 0.05) is 17.7 Å². The zero-order valence-corrected chi connectivity index (χ0v) is 17.4. The Kier molecular flexibility index (Phi) is 6.68. The number of primary amides is 1. The lowest BCUT2D eigenvalue weighted by Gasteiger charge is -2.36. The molecule has 0 saturated carbocycles. The van der Waals surface area contributed by atoms with Gasteiger partial charge in [-0.1, -0.05) is 34.1 Å². The highest BCUT2D eigenvalue weighted by Crippen LogP contribution is 2.45. The zero-order chi connectivity index (χ0) is 20.4. The number of anilines is 1. The van der Waals surface area contributed by atoms with E-state index in [0.717, 1.165) is 36.1 Å². The van der Waals surface area contributed by atoms with Crippen LogP contribution in [0.1, 0.15) is 74.2 Å². The molecule has 0 aromatic carbocycles. The minimum Gasteiger partial charge on any atom is -0.481 e. The first kappa shape index (κ1) is 21.4. The average Bonchev–Trinajstić information content (AvgIpc) is 2.90. The van der Waals surface area contributed by atoms with Gasteiger partial charge in [-0.05, 0) is 42.1 Å². The van der Waals surface area contributed by atoms with Gasteiger partial charge in [0.05, 0.1) is 5.56 Å². The van der Waals surface area contributed by atoms with E-state index in [2.05, 4.69) is 26.1 Å². The van der Waals surface area contributed by atoms with Crippen LogP contribution in [0.25, 0.3) is 0 Å². The number of nitrogens with two attached hydrogens (primary N) is 1. The largest absolute Gasteiger partial charge is 0.481 e. The summed E-state index contributed by atoms with van der Waals surface area (Å²) in [7, 11) is 0. The number of carbonyl (C=O) groups is 3. The van der Waals surface area contributed by atoms with Crippen molar-refractivity contribution in [2.45, 2.75) is 66.2 Å². The molecule has 150 valence electrons. The second-order valence-electron chi connectivity index (χ2n) is 8.31. The van der Waals surface area contributed by atoms with Crippen LogP contribution in [0, 0.1) is 17.3 Å². The summed E-state index contributed by atoms with van der Waals surface area (Å²) in [5.74, 6) is -1.47. The van der Waals surface area contributed by atoms with Gasteiger partial charge >= 0.3 is 5.97 Å². The average molecular weight is 395 g/mol. The van der Waals surface area contributed by atoms with Crippen LogP contribution in [0.5, 0.6) is 0 Å². The standard InChI is InChI=1S/C20H30N2O4S/c1-5-20(3,4)12-6-7-13-14(10-12)27-19(17(13)18(21)26)22-15(23)8-11(2)9-16(24)25/h11-12H,5-10H2,1-4H3,(H2,21,26)(H,22,23)(H,24,25)/t11-,12-/m1/s1. The smallest absolute Gasteiger partial charge is 0.303 e. The molecule has 1 aliphatic carbocycles. The van der Waals surface area contributed by atoms with Gasteiger partial charge in [0.2, 0.25) is 5.91 Å². The Morgan fingerprint density at radius 3 is 2.56 bits per heavy atom. The minimum atomic E-state index is -0.927. The summed E-state index contributed by atoms with van der Waals surface area (Å²) in [4.78, 5) is 36.3. The molecule has 0 unspecified atom stereocenters. The van der Waals surface area contributed by atoms with Gasteiger partial charge < -0.3 is 16.2 Å². The molecule has 4 N–H and O–H groups in total. The summed E-state index contributed by atoms with van der Waals surface area (Å²) in [6.45, 7) is 8.47. The molecule has 0 fully saturated rings. The maximum absolute atomic E-state index is 12.3. The van der Waals surface area contributed by atoms with Gasteiger partial charge in [0.25, 0.3) is 5.91 Å². The molecule has 0 saturated heterocycles. The van der Waals surface area contributed by atoms with Crippen LogP contribution in [-0.4, -0.2) is 22.9 Å². The fourth-order valence-electron chi connectivity index (χ4n) is 3.75. The maximum atomic E-state index is 12.3. The van der Waals surface area contributed by atoms with Crippen LogP contribution < -0.4 is 11.1 Å². The van der Waals surface area contributed by atoms with Crippen molar-refractivity contribution in [2.75, 3.05) is 5.32 Å². The first-order valence-corrected chi connectivity index (χ1v) is 10.3. The number of carboxylic acids is 1. The molecule has 1 aromatic heterocycles. The van der Waals surface area contributed by atoms with Crippen molar-refractivity contribution in [1.29, 1.82) is 0 Å². The number of amides is 2. The number of fused-ring (bicyclic) bond motifs is 1. The first-order valence-electron chi connectivity index (χ1n) is 9.51. The van der Waals surface area contributed by atoms with E-state index in [0.29, 0.717) is 16.5 Å². The van der Waals surface area contributed by atoms with Gasteiger partial charge in [-0.3, -0.25) is 14.4 Å². The molecule has 0 spiro atoms. The van der Waals surface area contributed by atoms with Gasteiger partial charge in [-0.2, -0.15) is 0 Å². The van der Waals surface area contributed by atoms with Crippen molar-refractivity contribution in [3.63, 3.8) is 0 Å². The van der Waals surface area contributed by atoms with Crippen molar-refractivity contribution in [3.8, 4) is 0 Å². The molecule has 1 aliphatic rings. The molecule has 2 atom stereocenters. The van der Waals surface area contributed by atoms with Crippen LogP contribution >= 0.6 is 11.3 Å². The predicted molar refractivity (Wildman–Crippen MR) is 107 cm³/mol. The molecule has 6 nitrogen and oxygen atoms in total. The van der Waals surface area contributed by atoms with Crippen LogP contribution in [0.15, 0.2) is 0 Å². The van der Waals surface area contributed by atoms with Crippen molar-refractivity contribution in [3.05, 3.63) is 16.0 Å². The molecular weight excluding hydrogens is 364 g/mol. The van der Waals surface area contributed by atoms with Crippen LogP contribution in [-0.2, 0) is 22.4 Å². The number of hydrogen-bond donors (Lipinski definition) is 3. The van der Waals surface area contributed by atoms with E-state index in [1.54, 1.807) is 6.92 Å². The third-order valence-corrected chi connectivity index (χ3v) is 7.01. The normalized spacial score (nSPS) is 17.9. The number of hydrogen-bond acceptors (Lipinski definition) is 4. The Balaban J connectivity index is 2.20. The number of carbonyl (C=O) groups excluding carboxylic acids is 2. The van der Waals surface area contributed by atoms with E-state index < -0.39 is 11.9 Å². The number of aliphatic carboxylic acids is 1. The molecule has 0 bridgehead atoms. The quantitative estimate of drug-likeness (QED) is 0.622. The molecule has 1 heterocycles. The van der Waals surface area contributed by atoms with E-state index in [1.165, 1.54) is 11.3 Å². The van der Waals surface area contributed by atoms with E-state index >= 15 is 0 Å². The predicted octanol–water partition coefficient (Wildman–Crippen LogP) is 3.83. The van der Waals surface area contributed by atoms with E-state index in [4.69, 9.17) is 10.8 Å². The highest BCUT2D eigenvalue weighted by Gasteiger charge is 2.35. The Morgan fingerprint density at radius 1 is 1.33 bits per heavy atom. The second kappa shape index (κ2) is 8.42. The molecule has 27 heavy (non-hydrogen) atoms. The fraction of sp³-hybridized carbons (Fsp3) is 0.650. The van der Waals surface area contributed by atoms with Crippen LogP contribution in [0.3, 0.4) is 0 Å². The summed E-state index contributed by atoms with van der Waals surface area (Å²) in [5, 5.41) is 12.1. The van der Waals surface area contributed by atoms with Gasteiger partial charge in [-0.15, -0.1) is 11.3 Å². The molecular formula is C20H30N2O4S. The number of rotatable bonds is 8. The molecule has 2 rings (SSSR count). The van der Waals surface area contributed by atoms with E-state index in [1.807, 2.05) is 0 Å². The maximum Gasteiger partial charge on any atom is 0.303 e. The van der Waals surface area contributed by atoms with Crippen molar-refractivity contribution in [1.82, 2.24) is 0 Å². The Bertz CT molecular complexity index is 739. The van der Waals surface area contributed by atoms with Crippen molar-refractivity contribution in [2.24, 2.45) is 23.0 Å². The van der Waals surface area contributed by atoms with Crippen LogP contribution in [0.4, 0.5) is 5.00 Å². The topological polar surface area (TPSA) is 109 Å². The lowest BCUT2D eigenvalue weighted by molar-refractivity contribution is -0.138. The highest BCUT2D eigenvalue weighted by molar-refractivity contribution is 7.17.